The molecule has 23 heteroatoms. The van der Waals surface area contributed by atoms with Crippen LogP contribution in [0, 0.1) is 5.92 Å². The Morgan fingerprint density at radius 1 is 1.07 bits per heavy atom. The molecule has 4 amide bonds. The molecule has 1 aromatic carbocycles. The van der Waals surface area contributed by atoms with Crippen molar-refractivity contribution in [3.05, 3.63) is 57.9 Å². The van der Waals surface area contributed by atoms with E-state index in [0.29, 0.717) is 47.0 Å². The summed E-state index contributed by atoms with van der Waals surface area (Å²) in [5, 5.41) is 44.6. The second-order valence-corrected chi connectivity index (χ2v) is 16.3. The van der Waals surface area contributed by atoms with Crippen LogP contribution in [-0.2, 0) is 35.2 Å². The number of aromatic hydroxyl groups is 1. The second kappa shape index (κ2) is 16.1. The number of fused-ring (bicyclic) bond motifs is 2. The summed E-state index contributed by atoms with van der Waals surface area (Å²) in [7, 11) is 0. The number of rotatable bonds is 13. The number of carbonyl (C=O) groups excluding carboxylic acids is 5. The van der Waals surface area contributed by atoms with Crippen molar-refractivity contribution in [2.75, 3.05) is 54.4 Å². The molecule has 6 heterocycles. The maximum atomic E-state index is 13.9. The van der Waals surface area contributed by atoms with E-state index in [9.17, 15) is 43.8 Å². The molecule has 0 radical (unpaired) electrons. The number of phenols is 1. The van der Waals surface area contributed by atoms with E-state index < -0.39 is 58.8 Å². The average Bonchev–Trinajstić information content (AvgIpc) is 3.64. The van der Waals surface area contributed by atoms with E-state index in [-0.39, 0.29) is 52.9 Å². The second-order valence-electron chi connectivity index (χ2n) is 12.9. The van der Waals surface area contributed by atoms with Crippen LogP contribution >= 0.6 is 34.9 Å². The summed E-state index contributed by atoms with van der Waals surface area (Å²) in [6.45, 7) is 1.86. The fourth-order valence-corrected chi connectivity index (χ4v) is 9.82. The van der Waals surface area contributed by atoms with E-state index in [4.69, 9.17) is 5.11 Å². The number of hydrogen-bond donors (Lipinski definition) is 6. The Balaban J connectivity index is 1.03. The normalized spacial score (nSPS) is 20.9. The number of thioether (sulfide) groups is 2. The van der Waals surface area contributed by atoms with Gasteiger partial charge in [-0.25, -0.2) is 9.78 Å². The van der Waals surface area contributed by atoms with Crippen LogP contribution in [0.15, 0.2) is 46.1 Å². The number of aromatic nitrogens is 4. The zero-order valence-corrected chi connectivity index (χ0v) is 31.4. The van der Waals surface area contributed by atoms with E-state index in [1.165, 1.54) is 42.2 Å². The molecule has 0 bridgehead atoms. The largest absolute Gasteiger partial charge is 0.508 e. The van der Waals surface area contributed by atoms with Crippen LogP contribution in [-0.4, -0.2) is 143 Å². The van der Waals surface area contributed by atoms with Gasteiger partial charge < -0.3 is 41.1 Å². The number of hydrogen-bond acceptors (Lipinski definition) is 17. The van der Waals surface area contributed by atoms with Gasteiger partial charge in [0, 0.05) is 50.4 Å². The van der Waals surface area contributed by atoms with E-state index >= 15 is 0 Å². The van der Waals surface area contributed by atoms with Crippen molar-refractivity contribution in [3.8, 4) is 5.75 Å². The third-order valence-corrected chi connectivity index (χ3v) is 12.8. The highest BCUT2D eigenvalue weighted by Crippen LogP contribution is 2.42. The lowest BCUT2D eigenvalue weighted by molar-refractivity contribution is -0.151. The minimum Gasteiger partial charge on any atom is -0.508 e. The number of carboxylic acids is 2. The molecule has 7 rings (SSSR count). The fourth-order valence-electron chi connectivity index (χ4n) is 6.45. The fraction of sp³-hybridized carbons (Fsp3) is 0.364. The van der Waals surface area contributed by atoms with Crippen LogP contribution in [0.4, 0.5) is 11.8 Å². The summed E-state index contributed by atoms with van der Waals surface area (Å²) in [5.41, 5.74) is 0.521. The molecule has 0 spiro atoms. The highest BCUT2D eigenvalue weighted by Gasteiger charge is 2.54. The van der Waals surface area contributed by atoms with Gasteiger partial charge in [-0.1, -0.05) is 35.2 Å². The van der Waals surface area contributed by atoms with E-state index in [0.717, 1.165) is 34.4 Å². The molecule has 2 aromatic heterocycles. The highest BCUT2D eigenvalue weighted by molar-refractivity contribution is 8.01. The Hall–Kier alpha value is -5.81. The van der Waals surface area contributed by atoms with Gasteiger partial charge in [0.25, 0.3) is 5.91 Å². The van der Waals surface area contributed by atoms with Gasteiger partial charge in [0.1, 0.15) is 45.6 Å². The minimum absolute atomic E-state index is 0.0816. The van der Waals surface area contributed by atoms with Gasteiger partial charge in [-0.2, -0.15) is 4.98 Å². The number of phenolic OH excluding ortho intramolecular Hbond substituents is 1. The molecule has 0 aliphatic carbocycles. The predicted octanol–water partition coefficient (Wildman–Crippen LogP) is -0.448. The first-order valence-electron chi connectivity index (χ1n) is 17.0. The summed E-state index contributed by atoms with van der Waals surface area (Å²) in [5.74, 6) is -5.69. The Morgan fingerprint density at radius 3 is 2.52 bits per heavy atom. The van der Waals surface area contributed by atoms with Gasteiger partial charge in [-0.15, -0.1) is 22.0 Å². The molecule has 3 aromatic rings. The number of Topliss-reactive ketones (excluding diaryl/α,β-unsaturated/α-hetero) is 1. The number of nitrogens with zero attached hydrogens (tertiary/aromatic N) is 7. The summed E-state index contributed by atoms with van der Waals surface area (Å²) in [6, 6.07) is 2.86. The molecule has 292 valence electrons. The zero-order valence-electron chi connectivity index (χ0n) is 29.0. The Kier molecular flexibility index (Phi) is 11.1. The first-order chi connectivity index (χ1) is 26.9. The third-order valence-electron chi connectivity index (χ3n) is 9.34. The number of ketones is 1. The van der Waals surface area contributed by atoms with Crippen molar-refractivity contribution in [2.45, 2.75) is 28.2 Å². The first-order valence-corrected chi connectivity index (χ1v) is 19.8. The maximum Gasteiger partial charge on any atom is 0.352 e. The van der Waals surface area contributed by atoms with Crippen LogP contribution in [0.2, 0.25) is 0 Å². The highest BCUT2D eigenvalue weighted by atomic mass is 32.2. The van der Waals surface area contributed by atoms with Gasteiger partial charge in [-0.05, 0) is 23.3 Å². The summed E-state index contributed by atoms with van der Waals surface area (Å²) >= 11 is 3.47. The summed E-state index contributed by atoms with van der Waals surface area (Å²) in [6.07, 6.45) is 1.81. The quantitative estimate of drug-likeness (QED) is 0.0551. The monoisotopic (exact) mass is 824 g/mol. The van der Waals surface area contributed by atoms with Crippen LogP contribution in [0.3, 0.4) is 0 Å². The maximum absolute atomic E-state index is 13.9. The van der Waals surface area contributed by atoms with Crippen molar-refractivity contribution in [3.63, 3.8) is 0 Å². The van der Waals surface area contributed by atoms with Crippen molar-refractivity contribution in [2.24, 2.45) is 5.92 Å². The molecule has 20 nitrogen and oxygen atoms in total. The number of β-lactam (4-membered cyclic amide) rings is 1. The number of anilines is 2. The molecular formula is C33H32N10O10S3. The van der Waals surface area contributed by atoms with E-state index in [1.54, 1.807) is 4.90 Å². The molecule has 2 saturated heterocycles. The van der Waals surface area contributed by atoms with Gasteiger partial charge in [0.15, 0.2) is 10.1 Å². The van der Waals surface area contributed by atoms with Gasteiger partial charge in [0.05, 0.1) is 12.0 Å². The molecule has 4 aliphatic rings. The van der Waals surface area contributed by atoms with Crippen molar-refractivity contribution >= 4 is 88.5 Å². The van der Waals surface area contributed by atoms with Gasteiger partial charge >= 0.3 is 11.9 Å². The standard InChI is InChI=1S/C33H32N10O10S3/c44-14-41-5-7-42(8-6-41)32-35-10-18-25(48)19(11-34-26(18)38-32)27(49)36-22(15-1-3-17(45)4-2-15)28(50)37-23-29(51)43-24(31(52)53)16(12-54-30(23)43)13-55-33-40-39-20(56-33)9-21(46)47/h1-4,10,14,19,22-23,30,45H,5-9,11-13H2,(H,36,49)(H,37,50)(H,46,47)(H,52,53)(H,34,35,38)/t19?,22?,23?,30-/m0/s1. The number of benzene rings is 1. The lowest BCUT2D eigenvalue weighted by Gasteiger charge is -2.49. The van der Waals surface area contributed by atoms with E-state index in [1.807, 2.05) is 4.90 Å². The van der Waals surface area contributed by atoms with Crippen LogP contribution in [0.5, 0.6) is 5.75 Å². The summed E-state index contributed by atoms with van der Waals surface area (Å²) < 4.78 is 0.437. The Morgan fingerprint density at radius 2 is 1.82 bits per heavy atom. The molecular weight excluding hydrogens is 793 g/mol. The minimum atomic E-state index is -1.42. The van der Waals surface area contributed by atoms with Gasteiger partial charge in [0.2, 0.25) is 24.2 Å². The lowest BCUT2D eigenvalue weighted by atomic mass is 9.93. The Bertz CT molecular complexity index is 2140. The van der Waals surface area contributed by atoms with Gasteiger partial charge in [-0.3, -0.25) is 33.7 Å². The number of nitrogens with one attached hydrogen (secondary N) is 3. The zero-order chi connectivity index (χ0) is 39.7. The molecule has 2 fully saturated rings. The number of carboxylic acid groups (broad SMARTS) is 2. The molecule has 6 N–H and O–H groups in total. The Labute approximate surface area is 329 Å². The predicted molar refractivity (Wildman–Crippen MR) is 199 cm³/mol. The summed E-state index contributed by atoms with van der Waals surface area (Å²) in [4.78, 5) is 102. The smallest absolute Gasteiger partial charge is 0.352 e. The number of amides is 4. The van der Waals surface area contributed by atoms with Crippen molar-refractivity contribution in [1.82, 2.24) is 40.6 Å². The SMILES string of the molecule is O=CN1CCN(c2ncc3c(n2)NCC(C(=O)NC(C(=O)NC2C(=O)N4C(C(=O)O)=C(CSc5nnc(CC(=O)O)s5)CS[C@@H]24)c2ccc(O)cc2)C3=O)CC1. The molecule has 4 atom stereocenters. The van der Waals surface area contributed by atoms with Crippen LogP contribution < -0.4 is 20.9 Å². The average molecular weight is 825 g/mol. The van der Waals surface area contributed by atoms with Crippen LogP contribution in [0.1, 0.15) is 27.0 Å². The molecule has 3 unspecified atom stereocenters. The molecule has 0 saturated carbocycles. The third kappa shape index (κ3) is 7.81. The van der Waals surface area contributed by atoms with Crippen molar-refractivity contribution in [1.29, 1.82) is 0 Å². The van der Waals surface area contributed by atoms with Crippen LogP contribution in [0.25, 0.3) is 0 Å². The molecule has 4 aliphatic heterocycles. The molecule has 56 heavy (non-hydrogen) atoms. The van der Waals surface area contributed by atoms with E-state index in [2.05, 4.69) is 36.1 Å². The topological polar surface area (TPSA) is 278 Å². The van der Waals surface area contributed by atoms with Crippen molar-refractivity contribution < 1.29 is 48.9 Å². The first kappa shape index (κ1) is 38.5. The number of aliphatic carboxylic acids is 2. The number of piperazine rings is 1. The number of carbonyl (C=O) groups is 7. The lowest BCUT2D eigenvalue weighted by Crippen LogP contribution is -2.71.